The maximum atomic E-state index is 12.3. The minimum Gasteiger partial charge on any atom is -0.504 e. The Kier molecular flexibility index (Phi) is 6.74. The number of rotatable bonds is 9. The van der Waals surface area contributed by atoms with E-state index in [1.54, 1.807) is 6.92 Å². The van der Waals surface area contributed by atoms with Crippen molar-refractivity contribution >= 4 is 28.9 Å². The second kappa shape index (κ2) is 9.19. The third kappa shape index (κ3) is 4.54. The highest BCUT2D eigenvalue weighted by atomic mass is 32.2. The molecule has 1 aliphatic heterocycles. The van der Waals surface area contributed by atoms with Crippen LogP contribution in [-0.4, -0.2) is 70.7 Å². The van der Waals surface area contributed by atoms with E-state index in [2.05, 4.69) is 5.16 Å². The minimum atomic E-state index is -2.74. The Balaban J connectivity index is 1.74. The van der Waals surface area contributed by atoms with Gasteiger partial charge in [0.15, 0.2) is 28.6 Å². The molecule has 12 nitrogen and oxygen atoms in total. The number of ether oxygens (including phenoxy) is 1. The van der Waals surface area contributed by atoms with E-state index < -0.39 is 51.5 Å². The van der Waals surface area contributed by atoms with E-state index in [1.165, 1.54) is 19.1 Å². The van der Waals surface area contributed by atoms with Gasteiger partial charge in [-0.1, -0.05) is 5.16 Å². The maximum Gasteiger partial charge on any atom is 0.338 e. The number of aromatic nitrogens is 1. The van der Waals surface area contributed by atoms with Gasteiger partial charge in [0.2, 0.25) is 5.91 Å². The van der Waals surface area contributed by atoms with Crippen LogP contribution in [0.5, 0.6) is 11.5 Å². The molecule has 2 heterocycles. The lowest BCUT2D eigenvalue weighted by atomic mass is 9.89. The van der Waals surface area contributed by atoms with Crippen LogP contribution in [0, 0.1) is 0 Å². The summed E-state index contributed by atoms with van der Waals surface area (Å²) in [5, 5.41) is 32.3. The summed E-state index contributed by atoms with van der Waals surface area (Å²) in [5.41, 5.74) is -0.142. The number of likely N-dealkylation sites (tertiary alicyclic amines) is 1. The summed E-state index contributed by atoms with van der Waals surface area (Å²) in [5.74, 6) is -3.42. The van der Waals surface area contributed by atoms with Crippen molar-refractivity contribution in [2.24, 2.45) is 0 Å². The molecule has 1 unspecified atom stereocenters. The van der Waals surface area contributed by atoms with Crippen LogP contribution in [0.4, 0.5) is 0 Å². The highest BCUT2D eigenvalue weighted by Crippen LogP contribution is 2.38. The molecule has 4 N–H and O–H groups in total. The standard InChI is InChI=1S/C20H22N2O10S/c1-10-7-16(25)22(10)17(18(26)27)20(2,33(29)30)15-9-12(32-21-15)5-6-31-19(28)11-3-4-13(23)14(24)8-11/h3-4,8-10,17,23-24H,5-7H2,1-2H3,(H,26,27)(H,29,30)/t10-,17+,20+/m1/s1. The number of aromatic hydroxyl groups is 2. The smallest absolute Gasteiger partial charge is 0.338 e. The van der Waals surface area contributed by atoms with Crippen molar-refractivity contribution in [3.8, 4) is 11.5 Å². The summed E-state index contributed by atoms with van der Waals surface area (Å²) in [6, 6.07) is 2.63. The molecule has 1 aliphatic rings. The number of carbonyl (C=O) groups excluding carboxylic acids is 2. The zero-order valence-corrected chi connectivity index (χ0v) is 18.4. The van der Waals surface area contributed by atoms with Gasteiger partial charge in [0.1, 0.15) is 16.2 Å². The molecule has 178 valence electrons. The molecule has 1 fully saturated rings. The zero-order chi connectivity index (χ0) is 24.5. The SMILES string of the molecule is C[C@@H]1CC(=O)N1[C@@H](C(=O)O)[C@](C)(c1cc(CCOC(=O)c2ccc(O)c(O)c2)on1)S(=O)O. The Morgan fingerprint density at radius 1 is 1.33 bits per heavy atom. The van der Waals surface area contributed by atoms with Crippen molar-refractivity contribution < 1.29 is 47.7 Å². The lowest BCUT2D eigenvalue weighted by molar-refractivity contribution is -0.163. The van der Waals surface area contributed by atoms with Crippen molar-refractivity contribution in [3.63, 3.8) is 0 Å². The first-order valence-corrected chi connectivity index (χ1v) is 10.9. The normalized spacial score (nSPS) is 19.3. The Hall–Kier alpha value is -3.45. The average Bonchev–Trinajstić information content (AvgIpc) is 3.22. The van der Waals surface area contributed by atoms with Gasteiger partial charge in [-0.2, -0.15) is 0 Å². The largest absolute Gasteiger partial charge is 0.504 e. The van der Waals surface area contributed by atoms with Crippen LogP contribution in [0.3, 0.4) is 0 Å². The van der Waals surface area contributed by atoms with Crippen LogP contribution in [0.15, 0.2) is 28.8 Å². The first kappa shape index (κ1) is 24.2. The van der Waals surface area contributed by atoms with Crippen LogP contribution in [0.2, 0.25) is 0 Å². The molecule has 1 saturated heterocycles. The molecular weight excluding hydrogens is 460 g/mol. The Bertz CT molecular complexity index is 1120. The summed E-state index contributed by atoms with van der Waals surface area (Å²) in [6.07, 6.45) is 0.139. The number of amides is 1. The number of nitrogens with zero attached hydrogens (tertiary/aromatic N) is 2. The molecule has 1 aromatic carbocycles. The highest BCUT2D eigenvalue weighted by molar-refractivity contribution is 7.80. The average molecular weight is 482 g/mol. The summed E-state index contributed by atoms with van der Waals surface area (Å²) in [6.45, 7) is 2.66. The Morgan fingerprint density at radius 2 is 2.03 bits per heavy atom. The lowest BCUT2D eigenvalue weighted by Crippen LogP contribution is -2.65. The number of hydrogen-bond acceptors (Lipinski definition) is 9. The maximum absolute atomic E-state index is 12.3. The van der Waals surface area contributed by atoms with E-state index in [4.69, 9.17) is 9.26 Å². The van der Waals surface area contributed by atoms with E-state index in [1.807, 2.05) is 0 Å². The van der Waals surface area contributed by atoms with Gasteiger partial charge in [-0.3, -0.25) is 4.79 Å². The first-order chi connectivity index (χ1) is 15.5. The van der Waals surface area contributed by atoms with Crippen molar-refractivity contribution in [2.45, 2.75) is 43.5 Å². The van der Waals surface area contributed by atoms with Gasteiger partial charge >= 0.3 is 11.9 Å². The molecule has 33 heavy (non-hydrogen) atoms. The highest BCUT2D eigenvalue weighted by Gasteiger charge is 2.56. The number of esters is 1. The predicted molar refractivity (Wildman–Crippen MR) is 111 cm³/mol. The molecule has 0 saturated carbocycles. The Morgan fingerprint density at radius 3 is 2.58 bits per heavy atom. The third-order valence-electron chi connectivity index (χ3n) is 5.49. The fourth-order valence-electron chi connectivity index (χ4n) is 3.58. The number of phenolic OH excluding ortho intramolecular Hbond substituents is 2. The number of carbonyl (C=O) groups is 3. The summed E-state index contributed by atoms with van der Waals surface area (Å²) < 4.78 is 30.5. The second-order valence-electron chi connectivity index (χ2n) is 7.72. The number of carboxylic acid groups (broad SMARTS) is 1. The molecule has 4 atom stereocenters. The van der Waals surface area contributed by atoms with Crippen molar-refractivity contribution in [1.29, 1.82) is 0 Å². The minimum absolute atomic E-state index is 0.00412. The fourth-order valence-corrected chi connectivity index (χ4v) is 4.26. The Labute approximate surface area is 190 Å². The van der Waals surface area contributed by atoms with Crippen LogP contribution < -0.4 is 0 Å². The molecule has 1 amide bonds. The van der Waals surface area contributed by atoms with Crippen LogP contribution >= 0.6 is 0 Å². The van der Waals surface area contributed by atoms with Gasteiger partial charge in [-0.25, -0.2) is 13.8 Å². The topological polar surface area (TPSA) is 188 Å². The summed E-state index contributed by atoms with van der Waals surface area (Å²) in [7, 11) is 0. The number of aliphatic carboxylic acids is 1. The van der Waals surface area contributed by atoms with Gasteiger partial charge in [0.25, 0.3) is 0 Å². The first-order valence-electron chi connectivity index (χ1n) is 9.77. The van der Waals surface area contributed by atoms with Crippen LogP contribution in [0.1, 0.15) is 42.1 Å². The molecular formula is C20H22N2O10S. The van der Waals surface area contributed by atoms with Crippen molar-refractivity contribution in [2.75, 3.05) is 6.61 Å². The quantitative estimate of drug-likeness (QED) is 0.173. The van der Waals surface area contributed by atoms with E-state index in [9.17, 15) is 38.5 Å². The van der Waals surface area contributed by atoms with E-state index in [0.29, 0.717) is 0 Å². The summed E-state index contributed by atoms with van der Waals surface area (Å²) >= 11 is -2.74. The van der Waals surface area contributed by atoms with Gasteiger partial charge in [0, 0.05) is 24.9 Å². The number of β-lactam (4-membered cyclic amide) rings is 1. The van der Waals surface area contributed by atoms with Crippen molar-refractivity contribution in [1.82, 2.24) is 10.1 Å². The molecule has 1 aromatic heterocycles. The van der Waals surface area contributed by atoms with E-state index in [0.717, 1.165) is 17.0 Å². The molecule has 13 heteroatoms. The molecule has 0 radical (unpaired) electrons. The van der Waals surface area contributed by atoms with E-state index in [-0.39, 0.29) is 42.2 Å². The molecule has 3 rings (SSSR count). The van der Waals surface area contributed by atoms with Crippen LogP contribution in [0.25, 0.3) is 0 Å². The summed E-state index contributed by atoms with van der Waals surface area (Å²) in [4.78, 5) is 37.1. The monoisotopic (exact) mass is 482 g/mol. The van der Waals surface area contributed by atoms with Gasteiger partial charge < -0.3 is 34.0 Å². The van der Waals surface area contributed by atoms with Gasteiger partial charge in [0.05, 0.1) is 12.2 Å². The van der Waals surface area contributed by atoms with Crippen molar-refractivity contribution in [3.05, 3.63) is 41.3 Å². The molecule has 0 bridgehead atoms. The second-order valence-corrected chi connectivity index (χ2v) is 9.07. The third-order valence-corrected chi connectivity index (χ3v) is 6.65. The number of hydrogen-bond donors (Lipinski definition) is 4. The number of carboxylic acids is 1. The number of phenols is 2. The zero-order valence-electron chi connectivity index (χ0n) is 17.6. The lowest BCUT2D eigenvalue weighted by Gasteiger charge is -2.46. The van der Waals surface area contributed by atoms with Gasteiger partial charge in [-0.05, 0) is 32.0 Å². The van der Waals surface area contributed by atoms with Crippen LogP contribution in [-0.2, 0) is 36.6 Å². The molecule has 2 aromatic rings. The predicted octanol–water partition coefficient (Wildman–Crippen LogP) is 0.996. The molecule has 0 aliphatic carbocycles. The van der Waals surface area contributed by atoms with E-state index >= 15 is 0 Å². The van der Waals surface area contributed by atoms with Gasteiger partial charge in [-0.15, -0.1) is 0 Å². The number of benzene rings is 1. The molecule has 0 spiro atoms. The fraction of sp³-hybridized carbons (Fsp3) is 0.400.